The highest BCUT2D eigenvalue weighted by molar-refractivity contribution is 5.20. The lowest BCUT2D eigenvalue weighted by molar-refractivity contribution is -0.176. The van der Waals surface area contributed by atoms with Crippen molar-refractivity contribution in [1.29, 1.82) is 0 Å². The molecule has 2 N–H and O–H groups in total. The Bertz CT molecular complexity index is 391. The third kappa shape index (κ3) is 3.48. The van der Waals surface area contributed by atoms with Crippen LogP contribution in [0, 0.1) is 5.92 Å². The minimum absolute atomic E-state index is 0.000436. The lowest BCUT2D eigenvalue weighted by atomic mass is 10.0. The van der Waals surface area contributed by atoms with E-state index in [0.717, 1.165) is 18.4 Å². The molecule has 106 valence electrons. The molecule has 19 heavy (non-hydrogen) atoms. The Morgan fingerprint density at radius 2 is 1.95 bits per heavy atom. The van der Waals surface area contributed by atoms with E-state index in [-0.39, 0.29) is 19.1 Å². The second-order valence-electron chi connectivity index (χ2n) is 5.04. The highest BCUT2D eigenvalue weighted by atomic mass is 19.4. The van der Waals surface area contributed by atoms with Crippen LogP contribution >= 0.6 is 0 Å². The lowest BCUT2D eigenvalue weighted by Gasteiger charge is -2.29. The Morgan fingerprint density at radius 1 is 1.26 bits per heavy atom. The average Bonchev–Trinajstić information content (AvgIpc) is 2.83. The summed E-state index contributed by atoms with van der Waals surface area (Å²) in [7, 11) is 0. The van der Waals surface area contributed by atoms with Gasteiger partial charge in [-0.1, -0.05) is 30.3 Å². The van der Waals surface area contributed by atoms with Crippen LogP contribution in [0.4, 0.5) is 13.2 Å². The van der Waals surface area contributed by atoms with Crippen LogP contribution in [-0.2, 0) is 0 Å². The number of halogens is 3. The first-order valence-corrected chi connectivity index (χ1v) is 6.58. The zero-order chi connectivity index (χ0) is 13.9. The van der Waals surface area contributed by atoms with Gasteiger partial charge < -0.3 is 5.73 Å². The van der Waals surface area contributed by atoms with Crippen LogP contribution in [0.1, 0.15) is 24.4 Å². The van der Waals surface area contributed by atoms with E-state index in [2.05, 4.69) is 0 Å². The third-order valence-corrected chi connectivity index (χ3v) is 3.75. The van der Waals surface area contributed by atoms with E-state index < -0.39 is 12.1 Å². The zero-order valence-corrected chi connectivity index (χ0v) is 10.7. The van der Waals surface area contributed by atoms with Gasteiger partial charge in [-0.25, -0.2) is 0 Å². The highest BCUT2D eigenvalue weighted by Crippen LogP contribution is 2.35. The molecule has 1 aromatic carbocycles. The van der Waals surface area contributed by atoms with Gasteiger partial charge in [-0.3, -0.25) is 4.90 Å². The topological polar surface area (TPSA) is 29.3 Å². The van der Waals surface area contributed by atoms with Crippen LogP contribution in [0.5, 0.6) is 0 Å². The molecule has 1 fully saturated rings. The molecule has 0 amide bonds. The van der Waals surface area contributed by atoms with Crippen LogP contribution in [-0.4, -0.2) is 30.7 Å². The van der Waals surface area contributed by atoms with Crippen molar-refractivity contribution in [1.82, 2.24) is 4.90 Å². The molecule has 0 aromatic heterocycles. The fourth-order valence-corrected chi connectivity index (χ4v) is 2.69. The number of likely N-dealkylation sites (tertiary alicyclic amines) is 1. The predicted octanol–water partition coefficient (Wildman–Crippen LogP) is 2.96. The van der Waals surface area contributed by atoms with Gasteiger partial charge in [0, 0.05) is 19.1 Å². The Balaban J connectivity index is 2.07. The van der Waals surface area contributed by atoms with E-state index in [9.17, 15) is 13.2 Å². The van der Waals surface area contributed by atoms with Crippen molar-refractivity contribution in [3.8, 4) is 0 Å². The van der Waals surface area contributed by atoms with E-state index in [1.165, 1.54) is 0 Å². The van der Waals surface area contributed by atoms with E-state index in [1.54, 1.807) is 0 Å². The van der Waals surface area contributed by atoms with Gasteiger partial charge in [-0.05, 0) is 24.9 Å². The fraction of sp³-hybridized carbons (Fsp3) is 0.571. The van der Waals surface area contributed by atoms with Crippen LogP contribution in [0.3, 0.4) is 0 Å². The molecular formula is C14H19F3N2. The summed E-state index contributed by atoms with van der Waals surface area (Å²) in [5.74, 6) is -1.43. The van der Waals surface area contributed by atoms with E-state index >= 15 is 0 Å². The summed E-state index contributed by atoms with van der Waals surface area (Å²) in [5.41, 5.74) is 6.37. The van der Waals surface area contributed by atoms with Gasteiger partial charge in [0.15, 0.2) is 0 Å². The molecule has 2 nitrogen and oxygen atoms in total. The minimum Gasteiger partial charge on any atom is -0.330 e. The van der Waals surface area contributed by atoms with Gasteiger partial charge in [-0.15, -0.1) is 0 Å². The first-order chi connectivity index (χ1) is 9.02. The molecule has 1 aromatic rings. The first kappa shape index (κ1) is 14.3. The second-order valence-corrected chi connectivity index (χ2v) is 5.04. The van der Waals surface area contributed by atoms with E-state index in [1.807, 2.05) is 35.2 Å². The Hall–Kier alpha value is -1.07. The molecule has 2 rings (SSSR count). The van der Waals surface area contributed by atoms with Crippen LogP contribution in [0.2, 0.25) is 0 Å². The summed E-state index contributed by atoms with van der Waals surface area (Å²) in [6, 6.07) is 9.83. The summed E-state index contributed by atoms with van der Waals surface area (Å²) >= 11 is 0. The van der Waals surface area contributed by atoms with Gasteiger partial charge >= 0.3 is 6.18 Å². The standard InChI is InChI=1S/C14H19F3N2/c15-14(16,17)12(9-18)10-19-8-4-7-13(19)11-5-2-1-3-6-11/h1-3,5-6,12-13H,4,7-10,18H2. The molecule has 0 radical (unpaired) electrons. The van der Waals surface area contributed by atoms with Gasteiger partial charge in [-0.2, -0.15) is 13.2 Å². The van der Waals surface area contributed by atoms with Crippen LogP contribution < -0.4 is 5.73 Å². The van der Waals surface area contributed by atoms with E-state index in [4.69, 9.17) is 5.73 Å². The molecule has 1 saturated heterocycles. The van der Waals surface area contributed by atoms with Crippen LogP contribution in [0.15, 0.2) is 30.3 Å². The summed E-state index contributed by atoms with van der Waals surface area (Å²) in [6.07, 6.45) is -2.35. The van der Waals surface area contributed by atoms with Gasteiger partial charge in [0.2, 0.25) is 0 Å². The maximum absolute atomic E-state index is 12.8. The van der Waals surface area contributed by atoms with Crippen molar-refractivity contribution in [2.24, 2.45) is 11.7 Å². The minimum atomic E-state index is -4.21. The largest absolute Gasteiger partial charge is 0.394 e. The third-order valence-electron chi connectivity index (χ3n) is 3.75. The number of hydrogen-bond donors (Lipinski definition) is 1. The number of rotatable bonds is 4. The van der Waals surface area contributed by atoms with Crippen molar-refractivity contribution < 1.29 is 13.2 Å². The first-order valence-electron chi connectivity index (χ1n) is 6.58. The SMILES string of the molecule is NCC(CN1CCCC1c1ccccc1)C(F)(F)F. The maximum atomic E-state index is 12.8. The molecule has 0 aliphatic carbocycles. The normalized spacial score (nSPS) is 22.6. The Kier molecular flexibility index (Phi) is 4.47. The molecule has 1 heterocycles. The van der Waals surface area contributed by atoms with Gasteiger partial charge in [0.05, 0.1) is 5.92 Å². The highest BCUT2D eigenvalue weighted by Gasteiger charge is 2.41. The predicted molar refractivity (Wildman–Crippen MR) is 68.6 cm³/mol. The van der Waals surface area contributed by atoms with Crippen LogP contribution in [0.25, 0.3) is 0 Å². The zero-order valence-electron chi connectivity index (χ0n) is 10.7. The smallest absolute Gasteiger partial charge is 0.330 e. The molecule has 2 atom stereocenters. The average molecular weight is 272 g/mol. The molecule has 1 aliphatic rings. The summed E-state index contributed by atoms with van der Waals surface area (Å²) < 4.78 is 38.4. The van der Waals surface area contributed by atoms with Gasteiger partial charge in [0.25, 0.3) is 0 Å². The molecule has 5 heteroatoms. The molecule has 0 spiro atoms. The Labute approximate surface area is 111 Å². The monoisotopic (exact) mass is 272 g/mol. The molecule has 1 aliphatic heterocycles. The number of nitrogens with zero attached hydrogens (tertiary/aromatic N) is 1. The van der Waals surface area contributed by atoms with Crippen molar-refractivity contribution in [3.05, 3.63) is 35.9 Å². The van der Waals surface area contributed by atoms with Gasteiger partial charge in [0.1, 0.15) is 0 Å². The van der Waals surface area contributed by atoms with Crippen molar-refractivity contribution in [2.45, 2.75) is 25.1 Å². The van der Waals surface area contributed by atoms with E-state index in [0.29, 0.717) is 6.54 Å². The number of alkyl halides is 3. The van der Waals surface area contributed by atoms with Crippen molar-refractivity contribution in [3.63, 3.8) is 0 Å². The van der Waals surface area contributed by atoms with Crippen molar-refractivity contribution >= 4 is 0 Å². The fourth-order valence-electron chi connectivity index (χ4n) is 2.69. The second kappa shape index (κ2) is 5.92. The maximum Gasteiger partial charge on any atom is 0.394 e. The molecule has 0 saturated carbocycles. The van der Waals surface area contributed by atoms with Crippen molar-refractivity contribution in [2.75, 3.05) is 19.6 Å². The Morgan fingerprint density at radius 3 is 2.53 bits per heavy atom. The molecule has 0 bridgehead atoms. The molecular weight excluding hydrogens is 253 g/mol. The quantitative estimate of drug-likeness (QED) is 0.913. The molecule has 2 unspecified atom stereocenters. The summed E-state index contributed by atoms with van der Waals surface area (Å²) in [4.78, 5) is 1.92. The lowest BCUT2D eigenvalue weighted by Crippen LogP contribution is -2.40. The number of nitrogens with two attached hydrogens (primary N) is 1. The number of benzene rings is 1. The number of hydrogen-bond acceptors (Lipinski definition) is 2. The summed E-state index contributed by atoms with van der Waals surface area (Å²) in [5, 5.41) is 0. The summed E-state index contributed by atoms with van der Waals surface area (Å²) in [6.45, 7) is 0.368.